The molecule has 1 aliphatic carbocycles. The van der Waals surface area contributed by atoms with E-state index in [0.717, 1.165) is 25.9 Å². The van der Waals surface area contributed by atoms with Gasteiger partial charge in [-0.3, -0.25) is 10.1 Å². The van der Waals surface area contributed by atoms with E-state index in [1.54, 1.807) is 0 Å². The van der Waals surface area contributed by atoms with Gasteiger partial charge in [-0.05, 0) is 44.7 Å². The normalized spacial score (nSPS) is 21.1. The molecule has 114 valence electrons. The molecule has 4 heteroatoms. The number of piperidine rings is 1. The molecule has 1 aromatic rings. The second-order valence-corrected chi connectivity index (χ2v) is 6.04. The average Bonchev–Trinajstić information content (AvgIpc) is 3.33. The van der Waals surface area contributed by atoms with Crippen LogP contribution in [0.5, 0.6) is 0 Å². The van der Waals surface area contributed by atoms with Crippen LogP contribution in [0.25, 0.3) is 0 Å². The summed E-state index contributed by atoms with van der Waals surface area (Å²) in [6, 6.07) is 10.9. The van der Waals surface area contributed by atoms with Crippen molar-refractivity contribution in [2.75, 3.05) is 24.6 Å². The van der Waals surface area contributed by atoms with Crippen LogP contribution in [0.1, 0.15) is 32.6 Å². The van der Waals surface area contributed by atoms with Gasteiger partial charge in [-0.1, -0.05) is 18.2 Å². The fourth-order valence-electron chi connectivity index (χ4n) is 3.08. The summed E-state index contributed by atoms with van der Waals surface area (Å²) in [7, 11) is 0. The Kier molecular flexibility index (Phi) is 4.15. The quantitative estimate of drug-likeness (QED) is 0.845. The number of rotatable bonds is 5. The molecule has 1 aliphatic heterocycles. The zero-order chi connectivity index (χ0) is 14.7. The van der Waals surface area contributed by atoms with Crippen molar-refractivity contribution < 1.29 is 9.53 Å². The highest BCUT2D eigenvalue weighted by Gasteiger charge is 2.45. The fraction of sp³-hybridized carbons (Fsp3) is 0.588. The second kappa shape index (κ2) is 6.06. The fourth-order valence-corrected chi connectivity index (χ4v) is 3.08. The van der Waals surface area contributed by atoms with Crippen LogP contribution in [0.3, 0.4) is 0 Å². The zero-order valence-electron chi connectivity index (χ0n) is 12.7. The number of para-hydroxylation sites is 1. The number of ether oxygens (including phenoxy) is 1. The number of anilines is 1. The van der Waals surface area contributed by atoms with Gasteiger partial charge in [0.25, 0.3) is 0 Å². The van der Waals surface area contributed by atoms with Gasteiger partial charge in [0.1, 0.15) is 5.54 Å². The summed E-state index contributed by atoms with van der Waals surface area (Å²) < 4.78 is 5.33. The number of hydrogen-bond acceptors (Lipinski definition) is 4. The summed E-state index contributed by atoms with van der Waals surface area (Å²) in [6.45, 7) is 4.11. The summed E-state index contributed by atoms with van der Waals surface area (Å²) in [4.78, 5) is 14.8. The van der Waals surface area contributed by atoms with Crippen LogP contribution >= 0.6 is 0 Å². The summed E-state index contributed by atoms with van der Waals surface area (Å²) >= 11 is 0. The summed E-state index contributed by atoms with van der Waals surface area (Å²) in [6.07, 6.45) is 4.00. The molecule has 1 saturated carbocycles. The minimum absolute atomic E-state index is 0.0652. The number of benzene rings is 1. The van der Waals surface area contributed by atoms with Gasteiger partial charge in [-0.15, -0.1) is 0 Å². The molecule has 2 aliphatic rings. The summed E-state index contributed by atoms with van der Waals surface area (Å²) in [5.41, 5.74) is 0.768. The second-order valence-electron chi connectivity index (χ2n) is 6.04. The van der Waals surface area contributed by atoms with E-state index in [4.69, 9.17) is 4.74 Å². The number of nitrogens with one attached hydrogen (secondary N) is 1. The molecular formula is C17H24N2O2. The van der Waals surface area contributed by atoms with Gasteiger partial charge in [0.15, 0.2) is 0 Å². The Morgan fingerprint density at radius 3 is 2.52 bits per heavy atom. The van der Waals surface area contributed by atoms with Gasteiger partial charge in [0.05, 0.1) is 6.61 Å². The number of hydrogen-bond donors (Lipinski definition) is 1. The first-order valence-electron chi connectivity index (χ1n) is 7.98. The molecular weight excluding hydrogens is 264 g/mol. The maximum atomic E-state index is 12.4. The number of carbonyl (C=O) groups excluding carboxylic acids is 1. The molecule has 0 radical (unpaired) electrons. The molecule has 0 bridgehead atoms. The Balaban J connectivity index is 1.68. The lowest BCUT2D eigenvalue weighted by Crippen LogP contribution is -2.59. The Hall–Kier alpha value is -1.55. The molecule has 2 fully saturated rings. The Labute approximate surface area is 126 Å². The third-order valence-electron chi connectivity index (χ3n) is 4.46. The largest absolute Gasteiger partial charge is 0.465 e. The van der Waals surface area contributed by atoms with E-state index in [0.29, 0.717) is 12.6 Å². The maximum absolute atomic E-state index is 12.4. The molecule has 0 atom stereocenters. The van der Waals surface area contributed by atoms with E-state index in [1.165, 1.54) is 18.5 Å². The van der Waals surface area contributed by atoms with Crippen molar-refractivity contribution in [1.29, 1.82) is 0 Å². The Bertz CT molecular complexity index is 477. The number of nitrogens with zero attached hydrogens (tertiary/aromatic N) is 1. The van der Waals surface area contributed by atoms with Gasteiger partial charge < -0.3 is 9.64 Å². The van der Waals surface area contributed by atoms with Crippen molar-refractivity contribution >= 4 is 11.7 Å². The standard InChI is InChI=1S/C17H24N2O2/c1-2-21-16(20)17(18-14-8-9-14)10-12-19(13-11-17)15-6-4-3-5-7-15/h3-7,14,18H,2,8-13H2,1H3. The number of carbonyl (C=O) groups is 1. The van der Waals surface area contributed by atoms with Gasteiger partial charge in [-0.2, -0.15) is 0 Å². The molecule has 4 nitrogen and oxygen atoms in total. The molecule has 1 heterocycles. The predicted molar refractivity (Wildman–Crippen MR) is 83.4 cm³/mol. The van der Waals surface area contributed by atoms with Crippen LogP contribution in [0.2, 0.25) is 0 Å². The van der Waals surface area contributed by atoms with Gasteiger partial charge in [0, 0.05) is 24.8 Å². The lowest BCUT2D eigenvalue weighted by Gasteiger charge is -2.41. The van der Waals surface area contributed by atoms with E-state index >= 15 is 0 Å². The minimum atomic E-state index is -0.470. The first-order valence-corrected chi connectivity index (χ1v) is 7.98. The van der Waals surface area contributed by atoms with Crippen molar-refractivity contribution in [1.82, 2.24) is 5.32 Å². The van der Waals surface area contributed by atoms with Crippen molar-refractivity contribution in [2.24, 2.45) is 0 Å². The van der Waals surface area contributed by atoms with E-state index < -0.39 is 5.54 Å². The van der Waals surface area contributed by atoms with Crippen LogP contribution in [0.4, 0.5) is 5.69 Å². The minimum Gasteiger partial charge on any atom is -0.465 e. The predicted octanol–water partition coefficient (Wildman–Crippen LogP) is 2.34. The number of esters is 1. The molecule has 3 rings (SSSR count). The molecule has 0 unspecified atom stereocenters. The summed E-state index contributed by atoms with van der Waals surface area (Å²) in [5, 5.41) is 3.56. The molecule has 0 amide bonds. The third kappa shape index (κ3) is 3.21. The maximum Gasteiger partial charge on any atom is 0.326 e. The third-order valence-corrected chi connectivity index (χ3v) is 4.46. The highest BCUT2D eigenvalue weighted by Crippen LogP contribution is 2.31. The van der Waals surface area contributed by atoms with E-state index in [-0.39, 0.29) is 5.97 Å². The molecule has 21 heavy (non-hydrogen) atoms. The van der Waals surface area contributed by atoms with Crippen LogP contribution in [0.15, 0.2) is 30.3 Å². The van der Waals surface area contributed by atoms with Crippen LogP contribution in [-0.4, -0.2) is 37.2 Å². The Morgan fingerprint density at radius 1 is 1.29 bits per heavy atom. The smallest absolute Gasteiger partial charge is 0.326 e. The zero-order valence-corrected chi connectivity index (χ0v) is 12.7. The monoisotopic (exact) mass is 288 g/mol. The molecule has 0 spiro atoms. The average molecular weight is 288 g/mol. The highest BCUT2D eigenvalue weighted by molar-refractivity contribution is 5.81. The summed E-state index contributed by atoms with van der Waals surface area (Å²) in [5.74, 6) is -0.0652. The molecule has 1 saturated heterocycles. The van der Waals surface area contributed by atoms with Crippen molar-refractivity contribution in [3.8, 4) is 0 Å². The molecule has 1 N–H and O–H groups in total. The van der Waals surface area contributed by atoms with Gasteiger partial charge in [-0.25, -0.2) is 0 Å². The first-order chi connectivity index (χ1) is 10.2. The van der Waals surface area contributed by atoms with Crippen molar-refractivity contribution in [3.63, 3.8) is 0 Å². The van der Waals surface area contributed by atoms with E-state index in [9.17, 15) is 4.79 Å². The lowest BCUT2D eigenvalue weighted by atomic mass is 9.87. The SMILES string of the molecule is CCOC(=O)C1(NC2CC2)CCN(c2ccccc2)CC1. The molecule has 0 aromatic heterocycles. The molecule has 1 aromatic carbocycles. The van der Waals surface area contributed by atoms with E-state index in [1.807, 2.05) is 13.0 Å². The van der Waals surface area contributed by atoms with Crippen LogP contribution in [0, 0.1) is 0 Å². The Morgan fingerprint density at radius 2 is 1.95 bits per heavy atom. The lowest BCUT2D eigenvalue weighted by molar-refractivity contribution is -0.152. The van der Waals surface area contributed by atoms with E-state index in [2.05, 4.69) is 34.5 Å². The van der Waals surface area contributed by atoms with Gasteiger partial charge >= 0.3 is 5.97 Å². The topological polar surface area (TPSA) is 41.6 Å². The van der Waals surface area contributed by atoms with Crippen LogP contribution in [-0.2, 0) is 9.53 Å². The van der Waals surface area contributed by atoms with Gasteiger partial charge in [0.2, 0.25) is 0 Å². The highest BCUT2D eigenvalue weighted by atomic mass is 16.5. The van der Waals surface area contributed by atoms with Crippen LogP contribution < -0.4 is 10.2 Å². The van der Waals surface area contributed by atoms with Crippen molar-refractivity contribution in [3.05, 3.63) is 30.3 Å². The van der Waals surface area contributed by atoms with Crippen molar-refractivity contribution in [2.45, 2.75) is 44.2 Å². The first kappa shape index (κ1) is 14.4.